The van der Waals surface area contributed by atoms with Gasteiger partial charge in [-0.3, -0.25) is 0 Å². The van der Waals surface area contributed by atoms with Crippen LogP contribution in [0.4, 0.5) is 5.82 Å². The quantitative estimate of drug-likeness (QED) is 0.759. The summed E-state index contributed by atoms with van der Waals surface area (Å²) in [5.74, 6) is 0.896. The Morgan fingerprint density at radius 3 is 2.86 bits per heavy atom. The molecule has 3 nitrogen and oxygen atoms in total. The van der Waals surface area contributed by atoms with Gasteiger partial charge in [0.15, 0.2) is 0 Å². The molecule has 14 heavy (non-hydrogen) atoms. The molecule has 78 valence electrons. The molecule has 0 saturated heterocycles. The monoisotopic (exact) mass is 212 g/mol. The van der Waals surface area contributed by atoms with E-state index in [2.05, 4.69) is 23.3 Å². The minimum Gasteiger partial charge on any atom is -0.383 e. The predicted octanol–water partition coefficient (Wildman–Crippen LogP) is 2.25. The van der Waals surface area contributed by atoms with Crippen LogP contribution in [0.1, 0.15) is 6.92 Å². The van der Waals surface area contributed by atoms with Gasteiger partial charge < -0.3 is 10.1 Å². The van der Waals surface area contributed by atoms with Gasteiger partial charge in [0.25, 0.3) is 0 Å². The van der Waals surface area contributed by atoms with Crippen molar-refractivity contribution < 1.29 is 4.74 Å². The van der Waals surface area contributed by atoms with Gasteiger partial charge in [-0.1, -0.05) is 0 Å². The van der Waals surface area contributed by atoms with Gasteiger partial charge in [0.2, 0.25) is 0 Å². The molecule has 0 radical (unpaired) electrons. The summed E-state index contributed by atoms with van der Waals surface area (Å²) in [4.78, 5) is 5.46. The maximum absolute atomic E-state index is 5.03. The number of anilines is 1. The Morgan fingerprint density at radius 1 is 1.57 bits per heavy atom. The van der Waals surface area contributed by atoms with Crippen LogP contribution < -0.4 is 5.32 Å². The number of aromatic nitrogens is 1. The van der Waals surface area contributed by atoms with Crippen LogP contribution in [0.2, 0.25) is 0 Å². The second-order valence-corrected chi connectivity index (χ2v) is 3.96. The Bertz CT molecular complexity index is 263. The third kappa shape index (κ3) is 3.55. The summed E-state index contributed by atoms with van der Waals surface area (Å²) in [6, 6.07) is 4.32. The highest BCUT2D eigenvalue weighted by Crippen LogP contribution is 2.14. The van der Waals surface area contributed by atoms with E-state index in [1.165, 1.54) is 4.90 Å². The van der Waals surface area contributed by atoms with E-state index in [-0.39, 0.29) is 6.04 Å². The van der Waals surface area contributed by atoms with Gasteiger partial charge >= 0.3 is 0 Å². The first-order chi connectivity index (χ1) is 6.76. The number of thioether (sulfide) groups is 1. The highest BCUT2D eigenvalue weighted by Gasteiger charge is 2.01. The van der Waals surface area contributed by atoms with Crippen molar-refractivity contribution in [2.24, 2.45) is 0 Å². The molecule has 0 bridgehead atoms. The van der Waals surface area contributed by atoms with Crippen molar-refractivity contribution in [3.63, 3.8) is 0 Å². The summed E-state index contributed by atoms with van der Waals surface area (Å²) >= 11 is 1.69. The summed E-state index contributed by atoms with van der Waals surface area (Å²) < 4.78 is 5.03. The lowest BCUT2D eigenvalue weighted by molar-refractivity contribution is 0.190. The molecule has 0 amide bonds. The van der Waals surface area contributed by atoms with Crippen molar-refractivity contribution in [2.45, 2.75) is 17.9 Å². The summed E-state index contributed by atoms with van der Waals surface area (Å²) in [5.41, 5.74) is 0. The van der Waals surface area contributed by atoms with E-state index in [1.54, 1.807) is 18.9 Å². The van der Waals surface area contributed by atoms with Crippen LogP contribution in [-0.2, 0) is 4.74 Å². The highest BCUT2D eigenvalue weighted by atomic mass is 32.2. The van der Waals surface area contributed by atoms with E-state index in [0.29, 0.717) is 6.61 Å². The molecule has 1 rings (SSSR count). The summed E-state index contributed by atoms with van der Waals surface area (Å²) in [6.07, 6.45) is 3.91. The summed E-state index contributed by atoms with van der Waals surface area (Å²) in [7, 11) is 1.70. The molecule has 0 spiro atoms. The number of methoxy groups -OCH3 is 1. The molecule has 1 aromatic heterocycles. The molecule has 0 aliphatic heterocycles. The second-order valence-electron chi connectivity index (χ2n) is 3.08. The normalized spacial score (nSPS) is 12.5. The number of pyridine rings is 1. The summed E-state index contributed by atoms with van der Waals surface area (Å²) in [6.45, 7) is 2.75. The molecule has 0 saturated carbocycles. The Morgan fingerprint density at radius 2 is 2.36 bits per heavy atom. The van der Waals surface area contributed by atoms with Crippen molar-refractivity contribution in [3.05, 3.63) is 18.3 Å². The largest absolute Gasteiger partial charge is 0.383 e. The average Bonchev–Trinajstić information content (AvgIpc) is 2.19. The zero-order chi connectivity index (χ0) is 10.4. The Labute approximate surface area is 89.3 Å². The number of rotatable bonds is 5. The fourth-order valence-corrected chi connectivity index (χ4v) is 1.49. The standard InChI is InChI=1S/C10H16N2OS/c1-8(7-13-2)12-10-5-4-9(14-3)6-11-10/h4-6,8H,7H2,1-3H3,(H,11,12). The first-order valence-corrected chi connectivity index (χ1v) is 5.74. The first kappa shape index (κ1) is 11.3. The molecule has 0 aliphatic carbocycles. The smallest absolute Gasteiger partial charge is 0.126 e. The fourth-order valence-electron chi connectivity index (χ4n) is 1.13. The van der Waals surface area contributed by atoms with Crippen LogP contribution in [0.3, 0.4) is 0 Å². The molecule has 0 aliphatic rings. The fraction of sp³-hybridized carbons (Fsp3) is 0.500. The maximum Gasteiger partial charge on any atom is 0.126 e. The van der Waals surface area contributed by atoms with E-state index < -0.39 is 0 Å². The predicted molar refractivity (Wildman–Crippen MR) is 61.0 cm³/mol. The van der Waals surface area contributed by atoms with E-state index in [4.69, 9.17) is 4.74 Å². The minimum atomic E-state index is 0.285. The molecule has 0 aromatic carbocycles. The number of nitrogens with zero attached hydrogens (tertiary/aromatic N) is 1. The van der Waals surface area contributed by atoms with Gasteiger partial charge in [0, 0.05) is 24.2 Å². The third-order valence-electron chi connectivity index (χ3n) is 1.78. The number of nitrogens with one attached hydrogen (secondary N) is 1. The number of hydrogen-bond donors (Lipinski definition) is 1. The Balaban J connectivity index is 2.50. The summed E-state index contributed by atoms with van der Waals surface area (Å²) in [5, 5.41) is 3.25. The molecular formula is C10H16N2OS. The lowest BCUT2D eigenvalue weighted by atomic mass is 10.3. The maximum atomic E-state index is 5.03. The van der Waals surface area contributed by atoms with E-state index in [9.17, 15) is 0 Å². The highest BCUT2D eigenvalue weighted by molar-refractivity contribution is 7.98. The zero-order valence-electron chi connectivity index (χ0n) is 8.78. The van der Waals surface area contributed by atoms with Gasteiger partial charge in [-0.25, -0.2) is 4.98 Å². The zero-order valence-corrected chi connectivity index (χ0v) is 9.60. The topological polar surface area (TPSA) is 34.1 Å². The van der Waals surface area contributed by atoms with Gasteiger partial charge in [-0.15, -0.1) is 11.8 Å². The van der Waals surface area contributed by atoms with Crippen molar-refractivity contribution >= 4 is 17.6 Å². The van der Waals surface area contributed by atoms with Gasteiger partial charge in [-0.2, -0.15) is 0 Å². The molecule has 4 heteroatoms. The average molecular weight is 212 g/mol. The van der Waals surface area contributed by atoms with Crippen LogP contribution in [-0.4, -0.2) is 31.0 Å². The van der Waals surface area contributed by atoms with Crippen LogP contribution in [0.25, 0.3) is 0 Å². The third-order valence-corrected chi connectivity index (χ3v) is 2.50. The lowest BCUT2D eigenvalue weighted by Crippen LogP contribution is -2.21. The van der Waals surface area contributed by atoms with Crippen molar-refractivity contribution in [2.75, 3.05) is 25.3 Å². The molecule has 1 unspecified atom stereocenters. The number of ether oxygens (including phenoxy) is 1. The lowest BCUT2D eigenvalue weighted by Gasteiger charge is -2.13. The minimum absolute atomic E-state index is 0.285. The molecular weight excluding hydrogens is 196 g/mol. The van der Waals surface area contributed by atoms with E-state index in [0.717, 1.165) is 5.82 Å². The molecule has 1 heterocycles. The van der Waals surface area contributed by atoms with Crippen LogP contribution in [0.5, 0.6) is 0 Å². The molecule has 1 aromatic rings. The number of hydrogen-bond acceptors (Lipinski definition) is 4. The van der Waals surface area contributed by atoms with Crippen molar-refractivity contribution in [1.29, 1.82) is 0 Å². The van der Waals surface area contributed by atoms with Crippen LogP contribution in [0.15, 0.2) is 23.2 Å². The van der Waals surface area contributed by atoms with Gasteiger partial charge in [0.05, 0.1) is 6.61 Å². The molecule has 1 N–H and O–H groups in total. The van der Waals surface area contributed by atoms with Gasteiger partial charge in [0.1, 0.15) is 5.82 Å². The van der Waals surface area contributed by atoms with E-state index in [1.807, 2.05) is 18.5 Å². The molecule has 1 atom stereocenters. The Hall–Kier alpha value is -0.740. The first-order valence-electron chi connectivity index (χ1n) is 4.51. The van der Waals surface area contributed by atoms with Crippen LogP contribution in [0, 0.1) is 0 Å². The van der Waals surface area contributed by atoms with Crippen LogP contribution >= 0.6 is 11.8 Å². The SMILES string of the molecule is COCC(C)Nc1ccc(SC)cn1. The van der Waals surface area contributed by atoms with E-state index >= 15 is 0 Å². The second kappa shape index (κ2) is 5.88. The Kier molecular flexibility index (Phi) is 4.76. The van der Waals surface area contributed by atoms with Crippen molar-refractivity contribution in [3.8, 4) is 0 Å². The molecule has 0 fully saturated rings. The van der Waals surface area contributed by atoms with Gasteiger partial charge in [-0.05, 0) is 25.3 Å². The van der Waals surface area contributed by atoms with Crippen molar-refractivity contribution in [1.82, 2.24) is 4.98 Å².